The molecule has 9 heteroatoms. The van der Waals surface area contributed by atoms with E-state index in [1.54, 1.807) is 18.2 Å². The zero-order valence-corrected chi connectivity index (χ0v) is 15.2. The van der Waals surface area contributed by atoms with Gasteiger partial charge in [-0.15, -0.1) is 24.8 Å². The molecule has 1 aliphatic rings. The molecule has 0 amide bonds. The fourth-order valence-corrected chi connectivity index (χ4v) is 2.84. The second kappa shape index (κ2) is 10.2. The average molecular weight is 391 g/mol. The van der Waals surface area contributed by atoms with E-state index in [-0.39, 0.29) is 24.8 Å². The summed E-state index contributed by atoms with van der Waals surface area (Å²) in [7, 11) is 2.92. The van der Waals surface area contributed by atoms with Gasteiger partial charge in [0.15, 0.2) is 0 Å². The van der Waals surface area contributed by atoms with E-state index in [0.717, 1.165) is 0 Å². The Bertz CT molecular complexity index is 476. The molecule has 24 heavy (non-hydrogen) atoms. The molecular weight excluding hydrogens is 368 g/mol. The highest BCUT2D eigenvalue weighted by Crippen LogP contribution is 2.42. The Morgan fingerprint density at radius 1 is 1.08 bits per heavy atom. The highest BCUT2D eigenvalue weighted by molar-refractivity contribution is 5.85. The molecule has 1 heterocycles. The van der Waals surface area contributed by atoms with Gasteiger partial charge < -0.3 is 14.8 Å². The topological polar surface area (TPSA) is 33.7 Å². The molecule has 4 nitrogen and oxygen atoms in total. The van der Waals surface area contributed by atoms with Crippen molar-refractivity contribution in [2.24, 2.45) is 0 Å². The molecular formula is C15H23Cl2F3N2O2. The number of alkyl halides is 3. The maximum Gasteiger partial charge on any atom is 0.390 e. The van der Waals surface area contributed by atoms with Crippen molar-refractivity contribution in [2.45, 2.75) is 18.6 Å². The second-order valence-corrected chi connectivity index (χ2v) is 5.20. The molecule has 1 aromatic carbocycles. The van der Waals surface area contributed by atoms with Crippen molar-refractivity contribution in [3.63, 3.8) is 0 Å². The lowest BCUT2D eigenvalue weighted by atomic mass is 9.98. The third-order valence-corrected chi connectivity index (χ3v) is 3.82. The number of nitrogens with one attached hydrogen (secondary N) is 1. The summed E-state index contributed by atoms with van der Waals surface area (Å²) in [6.07, 6.45) is -5.19. The number of ether oxygens (including phenoxy) is 2. The smallest absolute Gasteiger partial charge is 0.390 e. The van der Waals surface area contributed by atoms with Crippen LogP contribution in [0.1, 0.15) is 18.0 Å². The summed E-state index contributed by atoms with van der Waals surface area (Å²) in [5.41, 5.74) is 0.465. The van der Waals surface area contributed by atoms with Crippen LogP contribution < -0.4 is 14.8 Å². The van der Waals surface area contributed by atoms with Gasteiger partial charge in [-0.2, -0.15) is 13.2 Å². The summed E-state index contributed by atoms with van der Waals surface area (Å²) in [6, 6.07) is 4.24. The zero-order valence-electron chi connectivity index (χ0n) is 13.6. The van der Waals surface area contributed by atoms with Gasteiger partial charge in [0.25, 0.3) is 0 Å². The van der Waals surface area contributed by atoms with Crippen LogP contribution in [-0.4, -0.2) is 51.5 Å². The molecule has 0 unspecified atom stereocenters. The van der Waals surface area contributed by atoms with Crippen molar-refractivity contribution >= 4 is 24.8 Å². The Hall–Kier alpha value is -0.890. The van der Waals surface area contributed by atoms with Crippen molar-refractivity contribution in [3.8, 4) is 11.5 Å². The standard InChI is InChI=1S/C15H21F3N2O2.2ClH/c1-21-12-4-3-5-13(22-2)14(12)11(10-15(16,17)18)20-8-6-19-7-9-20;;/h3-5,11,19H,6-10H2,1-2H3;2*1H/t11-;;/m0../s1. The van der Waals surface area contributed by atoms with Crippen molar-refractivity contribution in [2.75, 3.05) is 40.4 Å². The van der Waals surface area contributed by atoms with Crippen molar-refractivity contribution in [3.05, 3.63) is 23.8 Å². The van der Waals surface area contributed by atoms with Gasteiger partial charge in [-0.25, -0.2) is 0 Å². The van der Waals surface area contributed by atoms with E-state index >= 15 is 0 Å². The Morgan fingerprint density at radius 2 is 1.58 bits per heavy atom. The molecule has 1 N–H and O–H groups in total. The van der Waals surface area contributed by atoms with Gasteiger partial charge in [0.1, 0.15) is 11.5 Å². The van der Waals surface area contributed by atoms with E-state index in [0.29, 0.717) is 43.2 Å². The minimum Gasteiger partial charge on any atom is -0.496 e. The van der Waals surface area contributed by atoms with Gasteiger partial charge >= 0.3 is 6.18 Å². The normalized spacial score (nSPS) is 16.5. The summed E-state index contributed by atoms with van der Waals surface area (Å²) in [4.78, 5) is 1.84. The Balaban J connectivity index is 0.00000264. The maximum absolute atomic E-state index is 13.1. The van der Waals surface area contributed by atoms with E-state index in [2.05, 4.69) is 5.32 Å². The molecule has 0 bridgehead atoms. The van der Waals surface area contributed by atoms with Crippen LogP contribution in [0.2, 0.25) is 0 Å². The lowest BCUT2D eigenvalue weighted by Gasteiger charge is -2.36. The molecule has 0 radical (unpaired) electrons. The summed E-state index contributed by atoms with van der Waals surface area (Å²) in [6.45, 7) is 2.46. The lowest BCUT2D eigenvalue weighted by molar-refractivity contribution is -0.149. The fourth-order valence-electron chi connectivity index (χ4n) is 2.84. The maximum atomic E-state index is 13.1. The fraction of sp³-hybridized carbons (Fsp3) is 0.600. The van der Waals surface area contributed by atoms with Crippen molar-refractivity contribution in [1.82, 2.24) is 10.2 Å². The number of nitrogens with zero attached hydrogens (tertiary/aromatic N) is 1. The number of rotatable bonds is 5. The van der Waals surface area contributed by atoms with Gasteiger partial charge in [-0.3, -0.25) is 4.90 Å². The first kappa shape index (κ1) is 23.1. The Morgan fingerprint density at radius 3 is 2.00 bits per heavy atom. The van der Waals surface area contributed by atoms with Crippen LogP contribution in [0.4, 0.5) is 13.2 Å². The number of halogens is 5. The van der Waals surface area contributed by atoms with E-state index in [1.807, 2.05) is 4.90 Å². The Labute approximate surface area is 152 Å². The summed E-state index contributed by atoms with van der Waals surface area (Å²) >= 11 is 0. The summed E-state index contributed by atoms with van der Waals surface area (Å²) in [5, 5.41) is 3.16. The summed E-state index contributed by atoms with van der Waals surface area (Å²) < 4.78 is 49.9. The van der Waals surface area contributed by atoms with E-state index in [4.69, 9.17) is 9.47 Å². The van der Waals surface area contributed by atoms with Gasteiger partial charge in [-0.05, 0) is 12.1 Å². The first-order valence-corrected chi connectivity index (χ1v) is 7.18. The molecule has 1 atom stereocenters. The second-order valence-electron chi connectivity index (χ2n) is 5.20. The monoisotopic (exact) mass is 390 g/mol. The number of hydrogen-bond acceptors (Lipinski definition) is 4. The van der Waals surface area contributed by atoms with Gasteiger partial charge in [0.05, 0.1) is 32.2 Å². The van der Waals surface area contributed by atoms with Crippen LogP contribution in [0.15, 0.2) is 18.2 Å². The van der Waals surface area contributed by atoms with Crippen molar-refractivity contribution < 1.29 is 22.6 Å². The largest absolute Gasteiger partial charge is 0.496 e. The van der Waals surface area contributed by atoms with E-state index in [9.17, 15) is 13.2 Å². The van der Waals surface area contributed by atoms with Gasteiger partial charge in [-0.1, -0.05) is 6.07 Å². The molecule has 0 saturated carbocycles. The number of hydrogen-bond donors (Lipinski definition) is 1. The molecule has 1 aliphatic heterocycles. The first-order chi connectivity index (χ1) is 10.5. The predicted molar refractivity (Wildman–Crippen MR) is 91.9 cm³/mol. The summed E-state index contributed by atoms with van der Waals surface area (Å²) in [5.74, 6) is 0.847. The highest BCUT2D eigenvalue weighted by Gasteiger charge is 2.38. The van der Waals surface area contributed by atoms with Crippen LogP contribution in [-0.2, 0) is 0 Å². The van der Waals surface area contributed by atoms with Crippen molar-refractivity contribution in [1.29, 1.82) is 0 Å². The molecule has 2 rings (SSSR count). The molecule has 0 spiro atoms. The van der Waals surface area contributed by atoms with Gasteiger partial charge in [0, 0.05) is 26.2 Å². The lowest BCUT2D eigenvalue weighted by Crippen LogP contribution is -2.46. The Kier molecular flexibility index (Phi) is 9.80. The minimum atomic E-state index is -4.26. The SMILES string of the molecule is COc1cccc(OC)c1[C@H](CC(F)(F)F)N1CCNCC1.Cl.Cl. The van der Waals surface area contributed by atoms with E-state index in [1.165, 1.54) is 14.2 Å². The van der Waals surface area contributed by atoms with Crippen LogP contribution in [0.5, 0.6) is 11.5 Å². The third-order valence-electron chi connectivity index (χ3n) is 3.82. The molecule has 1 aromatic rings. The third kappa shape index (κ3) is 5.88. The molecule has 140 valence electrons. The van der Waals surface area contributed by atoms with Crippen LogP contribution in [0.3, 0.4) is 0 Å². The quantitative estimate of drug-likeness (QED) is 0.834. The molecule has 0 aromatic heterocycles. The van der Waals surface area contributed by atoms with Crippen LogP contribution in [0.25, 0.3) is 0 Å². The number of benzene rings is 1. The van der Waals surface area contributed by atoms with E-state index < -0.39 is 18.6 Å². The average Bonchev–Trinajstić information content (AvgIpc) is 2.52. The molecule has 1 fully saturated rings. The zero-order chi connectivity index (χ0) is 16.2. The minimum absolute atomic E-state index is 0. The molecule has 1 saturated heterocycles. The number of methoxy groups -OCH3 is 2. The van der Waals surface area contributed by atoms with Crippen LogP contribution >= 0.6 is 24.8 Å². The van der Waals surface area contributed by atoms with Crippen LogP contribution in [0, 0.1) is 0 Å². The predicted octanol–water partition coefficient (Wildman–Crippen LogP) is 3.45. The first-order valence-electron chi connectivity index (χ1n) is 7.18. The van der Waals surface area contributed by atoms with Gasteiger partial charge in [0.2, 0.25) is 0 Å². The highest BCUT2D eigenvalue weighted by atomic mass is 35.5. The number of piperazine rings is 1. The molecule has 0 aliphatic carbocycles.